The summed E-state index contributed by atoms with van der Waals surface area (Å²) in [5.41, 5.74) is 5.56. The van der Waals surface area contributed by atoms with Crippen molar-refractivity contribution in [1.29, 1.82) is 0 Å². The number of Topliss-reactive ketones (excluding diaryl/α,β-unsaturated/α-hetero) is 1. The van der Waals surface area contributed by atoms with Gasteiger partial charge in [0.1, 0.15) is 0 Å². The second-order valence-electron chi connectivity index (χ2n) is 3.57. The Hall–Kier alpha value is -0.900. The molecule has 1 aliphatic carbocycles. The minimum Gasteiger partial charge on any atom is -0.481 e. The van der Waals surface area contributed by atoms with Gasteiger partial charge >= 0.3 is 5.97 Å². The van der Waals surface area contributed by atoms with Crippen LogP contribution < -0.4 is 5.73 Å². The lowest BCUT2D eigenvalue weighted by Gasteiger charge is -2.26. The van der Waals surface area contributed by atoms with E-state index in [1.165, 1.54) is 0 Å². The molecule has 0 bridgehead atoms. The Morgan fingerprint density at radius 1 is 1.46 bits per heavy atom. The molecule has 0 aromatic carbocycles. The highest BCUT2D eigenvalue weighted by atomic mass is 16.4. The summed E-state index contributed by atoms with van der Waals surface area (Å²) in [4.78, 5) is 21.6. The summed E-state index contributed by atoms with van der Waals surface area (Å²) in [5, 5.41) is 8.39. The van der Waals surface area contributed by atoms with Crippen LogP contribution in [0.25, 0.3) is 0 Å². The highest BCUT2D eigenvalue weighted by Gasteiger charge is 2.29. The van der Waals surface area contributed by atoms with Crippen molar-refractivity contribution >= 4 is 11.8 Å². The van der Waals surface area contributed by atoms with Crippen molar-refractivity contribution in [3.63, 3.8) is 0 Å². The quantitative estimate of drug-likeness (QED) is 0.655. The van der Waals surface area contributed by atoms with E-state index in [4.69, 9.17) is 10.8 Å². The number of hydrogen-bond acceptors (Lipinski definition) is 3. The molecule has 0 aromatic rings. The van der Waals surface area contributed by atoms with Crippen LogP contribution in [0.1, 0.15) is 32.1 Å². The standard InChI is InChI=1S/C9H15NO3/c10-7(4-5-8(11)12)9(13)6-2-1-3-6/h6-7H,1-5,10H2,(H,11,12)/t7-/m0/s1. The summed E-state index contributed by atoms with van der Waals surface area (Å²) in [6.07, 6.45) is 3.21. The monoisotopic (exact) mass is 185 g/mol. The van der Waals surface area contributed by atoms with Gasteiger partial charge in [0.05, 0.1) is 6.04 Å². The molecule has 0 saturated heterocycles. The Morgan fingerprint density at radius 2 is 2.08 bits per heavy atom. The van der Waals surface area contributed by atoms with Gasteiger partial charge in [-0.1, -0.05) is 6.42 Å². The Kier molecular flexibility index (Phi) is 3.42. The SMILES string of the molecule is N[C@@H](CCC(=O)O)C(=O)C1CCC1. The molecule has 0 spiro atoms. The van der Waals surface area contributed by atoms with Gasteiger partial charge in [-0.2, -0.15) is 0 Å². The van der Waals surface area contributed by atoms with Gasteiger partial charge in [-0.3, -0.25) is 9.59 Å². The summed E-state index contributed by atoms with van der Waals surface area (Å²) in [7, 11) is 0. The molecule has 13 heavy (non-hydrogen) atoms. The molecule has 1 saturated carbocycles. The third kappa shape index (κ3) is 2.81. The predicted octanol–water partition coefficient (Wildman–Crippen LogP) is 0.548. The maximum Gasteiger partial charge on any atom is 0.303 e. The first kappa shape index (κ1) is 10.2. The summed E-state index contributed by atoms with van der Waals surface area (Å²) in [6, 6.07) is -0.568. The summed E-state index contributed by atoms with van der Waals surface area (Å²) < 4.78 is 0. The maximum absolute atomic E-state index is 11.4. The molecule has 0 aliphatic heterocycles. The average molecular weight is 185 g/mol. The minimum absolute atomic E-state index is 0.0143. The van der Waals surface area contributed by atoms with Crippen LogP contribution in [-0.4, -0.2) is 22.9 Å². The third-order valence-electron chi connectivity index (χ3n) is 2.54. The highest BCUT2D eigenvalue weighted by molar-refractivity contribution is 5.87. The second kappa shape index (κ2) is 4.37. The van der Waals surface area contributed by atoms with E-state index in [-0.39, 0.29) is 24.5 Å². The van der Waals surface area contributed by atoms with Gasteiger partial charge in [0, 0.05) is 12.3 Å². The lowest BCUT2D eigenvalue weighted by Crippen LogP contribution is -2.38. The number of hydrogen-bond donors (Lipinski definition) is 2. The van der Waals surface area contributed by atoms with E-state index in [1.54, 1.807) is 0 Å². The fraction of sp³-hybridized carbons (Fsp3) is 0.778. The number of rotatable bonds is 5. The zero-order chi connectivity index (χ0) is 9.84. The number of carbonyl (C=O) groups excluding carboxylic acids is 1. The Labute approximate surface area is 77.1 Å². The lowest BCUT2D eigenvalue weighted by molar-refractivity contribution is -0.137. The number of carbonyl (C=O) groups is 2. The van der Waals surface area contributed by atoms with Gasteiger partial charge in [0.2, 0.25) is 0 Å². The zero-order valence-corrected chi connectivity index (χ0v) is 7.53. The normalized spacial score (nSPS) is 19.2. The van der Waals surface area contributed by atoms with Crippen molar-refractivity contribution in [2.24, 2.45) is 11.7 Å². The molecule has 0 aromatic heterocycles. The summed E-state index contributed by atoms with van der Waals surface area (Å²) in [6.45, 7) is 0. The van der Waals surface area contributed by atoms with Crippen molar-refractivity contribution < 1.29 is 14.7 Å². The van der Waals surface area contributed by atoms with Gasteiger partial charge in [0.15, 0.2) is 5.78 Å². The van der Waals surface area contributed by atoms with Crippen LogP contribution >= 0.6 is 0 Å². The molecule has 74 valence electrons. The van der Waals surface area contributed by atoms with E-state index in [0.29, 0.717) is 0 Å². The fourth-order valence-corrected chi connectivity index (χ4v) is 1.42. The molecule has 0 unspecified atom stereocenters. The molecule has 0 heterocycles. The minimum atomic E-state index is -0.892. The number of ketones is 1. The molecule has 1 rings (SSSR count). The lowest BCUT2D eigenvalue weighted by atomic mass is 9.79. The largest absolute Gasteiger partial charge is 0.481 e. The van der Waals surface area contributed by atoms with Gasteiger partial charge in [-0.05, 0) is 19.3 Å². The second-order valence-corrected chi connectivity index (χ2v) is 3.57. The molecule has 1 aliphatic rings. The third-order valence-corrected chi connectivity index (χ3v) is 2.54. The van der Waals surface area contributed by atoms with Crippen LogP contribution in [0.4, 0.5) is 0 Å². The summed E-state index contributed by atoms with van der Waals surface area (Å²) in [5.74, 6) is -0.729. The van der Waals surface area contributed by atoms with E-state index < -0.39 is 12.0 Å². The van der Waals surface area contributed by atoms with Gasteiger partial charge in [-0.15, -0.1) is 0 Å². The van der Waals surface area contributed by atoms with Crippen LogP contribution in [0.5, 0.6) is 0 Å². The Bertz CT molecular complexity index is 211. The topological polar surface area (TPSA) is 80.4 Å². The Morgan fingerprint density at radius 3 is 2.46 bits per heavy atom. The average Bonchev–Trinajstić information content (AvgIpc) is 1.96. The first-order valence-corrected chi connectivity index (χ1v) is 4.62. The van der Waals surface area contributed by atoms with Crippen LogP contribution in [0.3, 0.4) is 0 Å². The van der Waals surface area contributed by atoms with Gasteiger partial charge < -0.3 is 10.8 Å². The van der Waals surface area contributed by atoms with Gasteiger partial charge in [-0.25, -0.2) is 0 Å². The number of nitrogens with two attached hydrogens (primary N) is 1. The van der Waals surface area contributed by atoms with E-state index >= 15 is 0 Å². The van der Waals surface area contributed by atoms with Crippen LogP contribution in [0, 0.1) is 5.92 Å². The van der Waals surface area contributed by atoms with E-state index in [2.05, 4.69) is 0 Å². The number of carboxylic acids is 1. The van der Waals surface area contributed by atoms with Crippen molar-refractivity contribution in [2.75, 3.05) is 0 Å². The molecular formula is C9H15NO3. The van der Waals surface area contributed by atoms with Crippen molar-refractivity contribution in [3.05, 3.63) is 0 Å². The van der Waals surface area contributed by atoms with Crippen molar-refractivity contribution in [1.82, 2.24) is 0 Å². The molecule has 3 N–H and O–H groups in total. The van der Waals surface area contributed by atoms with Gasteiger partial charge in [0.25, 0.3) is 0 Å². The van der Waals surface area contributed by atoms with E-state index in [0.717, 1.165) is 19.3 Å². The molecular weight excluding hydrogens is 170 g/mol. The van der Waals surface area contributed by atoms with E-state index in [9.17, 15) is 9.59 Å². The summed E-state index contributed by atoms with van der Waals surface area (Å²) >= 11 is 0. The first-order valence-electron chi connectivity index (χ1n) is 4.62. The molecule has 4 nitrogen and oxygen atoms in total. The highest BCUT2D eigenvalue weighted by Crippen LogP contribution is 2.28. The number of aliphatic carboxylic acids is 1. The molecule has 4 heteroatoms. The van der Waals surface area contributed by atoms with Crippen molar-refractivity contribution in [3.8, 4) is 0 Å². The molecule has 0 radical (unpaired) electrons. The maximum atomic E-state index is 11.4. The number of carboxylic acid groups (broad SMARTS) is 1. The van der Waals surface area contributed by atoms with E-state index in [1.807, 2.05) is 0 Å². The zero-order valence-electron chi connectivity index (χ0n) is 7.53. The van der Waals surface area contributed by atoms with Crippen LogP contribution in [-0.2, 0) is 9.59 Å². The predicted molar refractivity (Wildman–Crippen MR) is 47.2 cm³/mol. The van der Waals surface area contributed by atoms with Crippen LogP contribution in [0.15, 0.2) is 0 Å². The van der Waals surface area contributed by atoms with Crippen LogP contribution in [0.2, 0.25) is 0 Å². The Balaban J connectivity index is 2.25. The smallest absolute Gasteiger partial charge is 0.303 e. The molecule has 1 fully saturated rings. The molecule has 1 atom stereocenters. The molecule has 0 amide bonds. The first-order chi connectivity index (χ1) is 6.11. The fourth-order valence-electron chi connectivity index (χ4n) is 1.42. The van der Waals surface area contributed by atoms with Crippen molar-refractivity contribution in [2.45, 2.75) is 38.1 Å².